The summed E-state index contributed by atoms with van der Waals surface area (Å²) < 4.78 is 58.2. The second-order valence-corrected chi connectivity index (χ2v) is 9.20. The van der Waals surface area contributed by atoms with E-state index >= 15 is 0 Å². The van der Waals surface area contributed by atoms with Crippen LogP contribution in [0.1, 0.15) is 17.7 Å². The maximum Gasteiger partial charge on any atom is 0.322 e. The van der Waals surface area contributed by atoms with Crippen molar-refractivity contribution in [3.05, 3.63) is 70.0 Å². The molecule has 0 aliphatic carbocycles. The Morgan fingerprint density at radius 1 is 1.16 bits per heavy atom. The Morgan fingerprint density at radius 3 is 2.61 bits per heavy atom. The molecule has 2 aromatic heterocycles. The van der Waals surface area contributed by atoms with Crippen LogP contribution in [0.15, 0.2) is 47.4 Å². The summed E-state index contributed by atoms with van der Waals surface area (Å²) in [4.78, 5) is 20.1. The number of nitrogens with zero attached hydrogens (tertiary/aromatic N) is 3. The first-order valence-corrected chi connectivity index (χ1v) is 11.2. The van der Waals surface area contributed by atoms with Crippen LogP contribution >= 0.6 is 0 Å². The van der Waals surface area contributed by atoms with Crippen molar-refractivity contribution in [3.8, 4) is 23.0 Å². The number of para-hydroxylation sites is 1. The lowest BCUT2D eigenvalue weighted by Crippen LogP contribution is -2.14. The number of aryl methyl sites for hydroxylation is 2. The van der Waals surface area contributed by atoms with Crippen LogP contribution in [0.3, 0.4) is 0 Å². The molecule has 0 amide bonds. The van der Waals surface area contributed by atoms with Gasteiger partial charge in [-0.2, -0.15) is 9.97 Å². The molecule has 0 saturated heterocycles. The van der Waals surface area contributed by atoms with E-state index in [0.717, 1.165) is 0 Å². The number of sulfone groups is 1. The van der Waals surface area contributed by atoms with Crippen LogP contribution in [0.25, 0.3) is 11.3 Å². The van der Waals surface area contributed by atoms with Crippen molar-refractivity contribution in [2.24, 2.45) is 7.05 Å². The van der Waals surface area contributed by atoms with E-state index < -0.39 is 28.1 Å². The fourth-order valence-corrected chi connectivity index (χ4v) is 4.19. The maximum absolute atomic E-state index is 14.2. The Labute approximate surface area is 178 Å². The molecule has 0 saturated carbocycles. The molecule has 0 unspecified atom stereocenters. The van der Waals surface area contributed by atoms with Crippen molar-refractivity contribution in [1.29, 1.82) is 0 Å². The molecule has 0 aliphatic rings. The van der Waals surface area contributed by atoms with Crippen molar-refractivity contribution < 1.29 is 21.9 Å². The lowest BCUT2D eigenvalue weighted by molar-refractivity contribution is 0.407. The minimum atomic E-state index is -3.63. The Bertz CT molecular complexity index is 1240. The fraction of sp³-hybridized carbons (Fsp3) is 0.286. The van der Waals surface area contributed by atoms with Gasteiger partial charge in [-0.05, 0) is 37.1 Å². The van der Waals surface area contributed by atoms with Gasteiger partial charge in [-0.15, -0.1) is 0 Å². The molecule has 7 nitrogen and oxygen atoms in total. The zero-order valence-corrected chi connectivity index (χ0v) is 17.8. The van der Waals surface area contributed by atoms with Crippen LogP contribution in [0.5, 0.6) is 11.8 Å². The van der Waals surface area contributed by atoms with Gasteiger partial charge >= 0.3 is 6.01 Å². The Balaban J connectivity index is 2.07. The van der Waals surface area contributed by atoms with Crippen LogP contribution in [-0.2, 0) is 22.6 Å². The highest BCUT2D eigenvalue weighted by molar-refractivity contribution is 7.90. The standard InChI is InChI=1S/C21H21F2N3O4S/c1-14-5-3-6-17(23)20(14)30-21-24-16(13-31(28,29)10-4-9-22)11-18(25-21)15-7-8-19(27)26(2)12-15/h3,5-8,11-12H,4,9-10,13H2,1-2H3. The fourth-order valence-electron chi connectivity index (χ4n) is 2.90. The molecule has 31 heavy (non-hydrogen) atoms. The largest absolute Gasteiger partial charge is 0.421 e. The van der Waals surface area contributed by atoms with Crippen molar-refractivity contribution in [2.45, 2.75) is 19.1 Å². The molecule has 0 atom stereocenters. The Kier molecular flexibility index (Phi) is 6.79. The van der Waals surface area contributed by atoms with Crippen molar-refractivity contribution in [3.63, 3.8) is 0 Å². The highest BCUT2D eigenvalue weighted by atomic mass is 32.2. The third kappa shape index (κ3) is 5.72. The quantitative estimate of drug-likeness (QED) is 0.524. The highest BCUT2D eigenvalue weighted by Gasteiger charge is 2.18. The molecule has 3 rings (SSSR count). The van der Waals surface area contributed by atoms with Crippen LogP contribution in [0, 0.1) is 12.7 Å². The number of alkyl halides is 1. The van der Waals surface area contributed by atoms with E-state index in [-0.39, 0.29) is 35.2 Å². The van der Waals surface area contributed by atoms with E-state index in [9.17, 15) is 22.0 Å². The van der Waals surface area contributed by atoms with Gasteiger partial charge < -0.3 is 9.30 Å². The van der Waals surface area contributed by atoms with E-state index in [0.29, 0.717) is 16.8 Å². The van der Waals surface area contributed by atoms with Gasteiger partial charge in [-0.25, -0.2) is 12.8 Å². The summed E-state index contributed by atoms with van der Waals surface area (Å²) >= 11 is 0. The maximum atomic E-state index is 14.2. The molecule has 2 heterocycles. The number of pyridine rings is 1. The molecule has 0 spiro atoms. The number of hydrogen-bond acceptors (Lipinski definition) is 6. The highest BCUT2D eigenvalue weighted by Crippen LogP contribution is 2.28. The van der Waals surface area contributed by atoms with E-state index in [2.05, 4.69) is 9.97 Å². The SMILES string of the molecule is Cc1cccc(F)c1Oc1nc(CS(=O)(=O)CCCF)cc(-c2ccc(=O)n(C)c2)n1. The summed E-state index contributed by atoms with van der Waals surface area (Å²) in [5.41, 5.74) is 1.20. The topological polar surface area (TPSA) is 91.1 Å². The third-order valence-electron chi connectivity index (χ3n) is 4.45. The molecule has 0 N–H and O–H groups in total. The number of benzene rings is 1. The molecule has 3 aromatic rings. The first-order valence-electron chi connectivity index (χ1n) is 9.43. The van der Waals surface area contributed by atoms with Gasteiger partial charge in [-0.1, -0.05) is 12.1 Å². The second-order valence-electron chi connectivity index (χ2n) is 7.02. The van der Waals surface area contributed by atoms with Crippen LogP contribution in [0.4, 0.5) is 8.78 Å². The van der Waals surface area contributed by atoms with Crippen LogP contribution in [0.2, 0.25) is 0 Å². The average Bonchev–Trinajstić information content (AvgIpc) is 2.71. The van der Waals surface area contributed by atoms with Gasteiger partial charge in [0, 0.05) is 24.9 Å². The van der Waals surface area contributed by atoms with E-state index in [1.54, 1.807) is 20.0 Å². The zero-order valence-electron chi connectivity index (χ0n) is 17.0. The number of ether oxygens (including phenoxy) is 1. The van der Waals surface area contributed by atoms with E-state index in [1.165, 1.54) is 41.1 Å². The number of hydrogen-bond donors (Lipinski definition) is 0. The lowest BCUT2D eigenvalue weighted by atomic mass is 10.2. The summed E-state index contributed by atoms with van der Waals surface area (Å²) in [5.74, 6) is -1.48. The van der Waals surface area contributed by atoms with Crippen LogP contribution in [-0.4, -0.2) is 35.4 Å². The van der Waals surface area contributed by atoms with Crippen molar-refractivity contribution >= 4 is 9.84 Å². The number of rotatable bonds is 8. The van der Waals surface area contributed by atoms with Gasteiger partial charge in [-0.3, -0.25) is 9.18 Å². The first kappa shape index (κ1) is 22.5. The molecule has 0 fully saturated rings. The predicted octanol–water partition coefficient (Wildman–Crippen LogP) is 3.36. The summed E-state index contributed by atoms with van der Waals surface area (Å²) in [6.07, 6.45) is 1.42. The summed E-state index contributed by atoms with van der Waals surface area (Å²) in [7, 11) is -2.07. The molecular formula is C21H21F2N3O4S. The Morgan fingerprint density at radius 2 is 1.94 bits per heavy atom. The molecule has 0 aliphatic heterocycles. The summed E-state index contributed by atoms with van der Waals surface area (Å²) in [6.45, 7) is 0.908. The predicted molar refractivity (Wildman–Crippen MR) is 112 cm³/mol. The van der Waals surface area contributed by atoms with Gasteiger partial charge in [0.25, 0.3) is 0 Å². The minimum Gasteiger partial charge on any atom is -0.421 e. The number of halogens is 2. The smallest absolute Gasteiger partial charge is 0.322 e. The third-order valence-corrected chi connectivity index (χ3v) is 6.10. The average molecular weight is 449 g/mol. The van der Waals surface area contributed by atoms with Gasteiger partial charge in [0.05, 0.1) is 29.6 Å². The molecule has 1 aromatic carbocycles. The zero-order chi connectivity index (χ0) is 22.6. The van der Waals surface area contributed by atoms with Gasteiger partial charge in [0.15, 0.2) is 21.4 Å². The van der Waals surface area contributed by atoms with Gasteiger partial charge in [0.1, 0.15) is 0 Å². The first-order chi connectivity index (χ1) is 14.7. The molecular weight excluding hydrogens is 428 g/mol. The van der Waals surface area contributed by atoms with Crippen molar-refractivity contribution in [2.75, 3.05) is 12.4 Å². The van der Waals surface area contributed by atoms with Crippen molar-refractivity contribution in [1.82, 2.24) is 14.5 Å². The second kappa shape index (κ2) is 9.34. The molecule has 0 bridgehead atoms. The molecule has 10 heteroatoms. The van der Waals surface area contributed by atoms with Gasteiger partial charge in [0.2, 0.25) is 5.56 Å². The summed E-state index contributed by atoms with van der Waals surface area (Å²) in [5, 5.41) is 0. The molecule has 0 radical (unpaired) electrons. The molecule has 164 valence electrons. The van der Waals surface area contributed by atoms with Crippen LogP contribution < -0.4 is 10.3 Å². The van der Waals surface area contributed by atoms with E-state index in [4.69, 9.17) is 4.74 Å². The summed E-state index contributed by atoms with van der Waals surface area (Å²) in [6, 6.07) is 8.49. The lowest BCUT2D eigenvalue weighted by Gasteiger charge is -2.12. The monoisotopic (exact) mass is 449 g/mol. The number of aromatic nitrogens is 3. The normalized spacial score (nSPS) is 11.5. The van der Waals surface area contributed by atoms with E-state index in [1.807, 2.05) is 0 Å². The Hall–Kier alpha value is -3.14. The minimum absolute atomic E-state index is 0.0775.